The minimum Gasteiger partial charge on any atom is -0.355 e. The molecule has 6 nitrogen and oxygen atoms in total. The van der Waals surface area contributed by atoms with Crippen molar-refractivity contribution in [2.24, 2.45) is 0 Å². The van der Waals surface area contributed by atoms with E-state index < -0.39 is 10.0 Å². The maximum Gasteiger partial charge on any atom is 0.262 e. The van der Waals surface area contributed by atoms with E-state index in [0.717, 1.165) is 25.7 Å². The third kappa shape index (κ3) is 3.56. The van der Waals surface area contributed by atoms with Gasteiger partial charge in [-0.25, -0.2) is 8.42 Å². The van der Waals surface area contributed by atoms with Gasteiger partial charge in [0.25, 0.3) is 15.9 Å². The summed E-state index contributed by atoms with van der Waals surface area (Å²) in [5, 5.41) is 2.47. The van der Waals surface area contributed by atoms with Gasteiger partial charge in [-0.1, -0.05) is 17.7 Å². The van der Waals surface area contributed by atoms with Crippen LogP contribution in [0.4, 0.5) is 0 Å². The zero-order valence-electron chi connectivity index (χ0n) is 11.3. The van der Waals surface area contributed by atoms with Crippen LogP contribution in [0.1, 0.15) is 36.0 Å². The lowest BCUT2D eigenvalue weighted by molar-refractivity contribution is 0.0223. The van der Waals surface area contributed by atoms with E-state index in [1.54, 1.807) is 0 Å². The van der Waals surface area contributed by atoms with Crippen LogP contribution in [0.2, 0.25) is 0 Å². The number of nitrogens with one attached hydrogen (secondary N) is 2. The highest BCUT2D eigenvalue weighted by Crippen LogP contribution is 2.20. The van der Waals surface area contributed by atoms with Crippen molar-refractivity contribution in [3.05, 3.63) is 29.8 Å². The third-order valence-corrected chi connectivity index (χ3v) is 4.49. The van der Waals surface area contributed by atoms with E-state index in [1.807, 2.05) is 0 Å². The molecule has 7 heteroatoms. The standard InChI is InChI=1S/C13H18N2O4S/c1-14-13(16)10-6-8-12(9-7-10)20(17,18)15-19-11-4-2-3-5-11/h6-9,11,15H,2-5H2,1H3,(H,14,16). The number of carbonyl (C=O) groups is 1. The fraction of sp³-hybridized carbons (Fsp3) is 0.462. The average molecular weight is 298 g/mol. The van der Waals surface area contributed by atoms with Crippen LogP contribution in [0, 0.1) is 0 Å². The van der Waals surface area contributed by atoms with Crippen LogP contribution < -0.4 is 10.2 Å². The van der Waals surface area contributed by atoms with Crippen LogP contribution in [0.5, 0.6) is 0 Å². The first-order valence-electron chi connectivity index (χ1n) is 6.52. The molecule has 0 heterocycles. The second-order valence-electron chi connectivity index (χ2n) is 4.71. The van der Waals surface area contributed by atoms with Gasteiger partial charge in [0.15, 0.2) is 0 Å². The number of amides is 1. The Morgan fingerprint density at radius 2 is 1.80 bits per heavy atom. The van der Waals surface area contributed by atoms with Crippen molar-refractivity contribution in [2.75, 3.05) is 7.05 Å². The van der Waals surface area contributed by atoms with Crippen molar-refractivity contribution in [1.29, 1.82) is 0 Å². The van der Waals surface area contributed by atoms with Gasteiger partial charge in [0.2, 0.25) is 0 Å². The molecule has 1 aliphatic rings. The summed E-state index contributed by atoms with van der Waals surface area (Å²) < 4.78 is 24.0. The first-order valence-corrected chi connectivity index (χ1v) is 8.01. The summed E-state index contributed by atoms with van der Waals surface area (Å²) in [6, 6.07) is 5.68. The molecule has 1 aromatic rings. The Kier molecular flexibility index (Phi) is 4.74. The third-order valence-electron chi connectivity index (χ3n) is 3.28. The van der Waals surface area contributed by atoms with Gasteiger partial charge >= 0.3 is 0 Å². The van der Waals surface area contributed by atoms with Gasteiger partial charge in [0, 0.05) is 12.6 Å². The molecule has 1 fully saturated rings. The first kappa shape index (κ1) is 15.0. The maximum atomic E-state index is 12.0. The van der Waals surface area contributed by atoms with Gasteiger partial charge in [0.1, 0.15) is 0 Å². The minimum absolute atomic E-state index is 0.0464. The monoisotopic (exact) mass is 298 g/mol. The highest BCUT2D eigenvalue weighted by molar-refractivity contribution is 7.89. The summed E-state index contributed by atoms with van der Waals surface area (Å²) in [5.74, 6) is -0.260. The molecule has 0 spiro atoms. The summed E-state index contributed by atoms with van der Waals surface area (Å²) in [6.07, 6.45) is 3.83. The molecular weight excluding hydrogens is 280 g/mol. The predicted molar refractivity (Wildman–Crippen MR) is 73.5 cm³/mol. The first-order chi connectivity index (χ1) is 9.53. The van der Waals surface area contributed by atoms with E-state index in [4.69, 9.17) is 4.84 Å². The molecule has 110 valence electrons. The maximum absolute atomic E-state index is 12.0. The highest BCUT2D eigenvalue weighted by atomic mass is 32.2. The zero-order valence-corrected chi connectivity index (χ0v) is 12.1. The number of rotatable bonds is 5. The molecule has 0 aliphatic heterocycles. The largest absolute Gasteiger partial charge is 0.355 e. The fourth-order valence-corrected chi connectivity index (χ4v) is 2.97. The molecule has 0 aromatic heterocycles. The Morgan fingerprint density at radius 1 is 1.20 bits per heavy atom. The molecule has 1 saturated carbocycles. The Morgan fingerprint density at radius 3 is 2.35 bits per heavy atom. The lowest BCUT2D eigenvalue weighted by Crippen LogP contribution is -2.28. The van der Waals surface area contributed by atoms with E-state index in [-0.39, 0.29) is 16.9 Å². The Labute approximate surface area is 118 Å². The molecule has 1 amide bonds. The quantitative estimate of drug-likeness (QED) is 0.800. The van der Waals surface area contributed by atoms with Gasteiger partial charge < -0.3 is 5.32 Å². The molecule has 0 bridgehead atoms. The number of hydrogen-bond acceptors (Lipinski definition) is 4. The highest BCUT2D eigenvalue weighted by Gasteiger charge is 2.20. The van der Waals surface area contributed by atoms with Crippen molar-refractivity contribution < 1.29 is 18.0 Å². The molecule has 0 atom stereocenters. The van der Waals surface area contributed by atoms with Crippen LogP contribution in [0.15, 0.2) is 29.2 Å². The predicted octanol–water partition coefficient (Wildman–Crippen LogP) is 1.20. The zero-order chi connectivity index (χ0) is 14.6. The normalized spacial score (nSPS) is 16.2. The van der Waals surface area contributed by atoms with E-state index in [1.165, 1.54) is 31.3 Å². The lowest BCUT2D eigenvalue weighted by atomic mass is 10.2. The van der Waals surface area contributed by atoms with E-state index in [2.05, 4.69) is 10.2 Å². The van der Waals surface area contributed by atoms with Crippen molar-refractivity contribution in [1.82, 2.24) is 10.2 Å². The molecule has 0 radical (unpaired) electrons. The Bertz CT molecular complexity index is 563. The van der Waals surface area contributed by atoms with Gasteiger partial charge in [-0.3, -0.25) is 9.63 Å². The van der Waals surface area contributed by atoms with E-state index >= 15 is 0 Å². The molecule has 1 aliphatic carbocycles. The Hall–Kier alpha value is -1.44. The molecule has 1 aromatic carbocycles. The number of hydrogen-bond donors (Lipinski definition) is 2. The Balaban J connectivity index is 2.03. The summed E-state index contributed by atoms with van der Waals surface area (Å²) in [7, 11) is -2.18. The molecule has 20 heavy (non-hydrogen) atoms. The molecule has 2 N–H and O–H groups in total. The molecule has 0 saturated heterocycles. The van der Waals surface area contributed by atoms with E-state index in [9.17, 15) is 13.2 Å². The van der Waals surface area contributed by atoms with Crippen molar-refractivity contribution in [2.45, 2.75) is 36.7 Å². The molecule has 2 rings (SSSR count). The van der Waals surface area contributed by atoms with Crippen molar-refractivity contribution in [3.63, 3.8) is 0 Å². The second kappa shape index (κ2) is 6.34. The average Bonchev–Trinajstić information content (AvgIpc) is 2.98. The fourth-order valence-electron chi connectivity index (χ4n) is 2.12. The summed E-state index contributed by atoms with van der Waals surface area (Å²) in [5.41, 5.74) is 0.406. The number of sulfonamides is 1. The minimum atomic E-state index is -3.70. The van der Waals surface area contributed by atoms with Gasteiger partial charge in [-0.2, -0.15) is 0 Å². The van der Waals surface area contributed by atoms with E-state index in [0.29, 0.717) is 5.56 Å². The summed E-state index contributed by atoms with van der Waals surface area (Å²) >= 11 is 0. The van der Waals surface area contributed by atoms with Crippen molar-refractivity contribution >= 4 is 15.9 Å². The smallest absolute Gasteiger partial charge is 0.262 e. The van der Waals surface area contributed by atoms with Crippen molar-refractivity contribution in [3.8, 4) is 0 Å². The van der Waals surface area contributed by atoms with Gasteiger partial charge in [-0.15, -0.1) is 0 Å². The summed E-state index contributed by atoms with van der Waals surface area (Å²) in [4.78, 5) is 18.8. The number of benzene rings is 1. The topological polar surface area (TPSA) is 84.5 Å². The second-order valence-corrected chi connectivity index (χ2v) is 6.36. The van der Waals surface area contributed by atoms with Crippen LogP contribution in [0.25, 0.3) is 0 Å². The van der Waals surface area contributed by atoms with Gasteiger partial charge in [0.05, 0.1) is 11.0 Å². The van der Waals surface area contributed by atoms with Crippen LogP contribution in [0.3, 0.4) is 0 Å². The SMILES string of the molecule is CNC(=O)c1ccc(S(=O)(=O)NOC2CCCC2)cc1. The lowest BCUT2D eigenvalue weighted by Gasteiger charge is -2.12. The van der Waals surface area contributed by atoms with Crippen LogP contribution in [-0.4, -0.2) is 27.5 Å². The molecule has 0 unspecified atom stereocenters. The van der Waals surface area contributed by atoms with Crippen LogP contribution in [-0.2, 0) is 14.9 Å². The van der Waals surface area contributed by atoms with Gasteiger partial charge in [-0.05, 0) is 37.1 Å². The molecular formula is C13H18N2O4S. The summed E-state index contributed by atoms with van der Waals surface area (Å²) in [6.45, 7) is 0. The number of carbonyl (C=O) groups excluding carboxylic acids is 1. The van der Waals surface area contributed by atoms with Crippen LogP contribution >= 0.6 is 0 Å².